The Kier molecular flexibility index (Phi) is 2.90. The molecule has 11 heavy (non-hydrogen) atoms. The largest absolute Gasteiger partial charge is 0.324 e. The number of hydrogen-bond donors (Lipinski definition) is 0. The van der Waals surface area contributed by atoms with Gasteiger partial charge in [0.15, 0.2) is 0 Å². The first-order valence-corrected chi connectivity index (χ1v) is 4.68. The molecule has 1 aliphatic rings. The molecule has 2 heteroatoms. The Bertz CT molecular complexity index is 115. The van der Waals surface area contributed by atoms with Gasteiger partial charge in [-0.25, -0.2) is 0 Å². The molecule has 0 spiro atoms. The molecule has 1 heterocycles. The Hall–Kier alpha value is -0.0800. The van der Waals surface area contributed by atoms with Crippen molar-refractivity contribution in [3.05, 3.63) is 0 Å². The number of hydrogen-bond acceptors (Lipinski definition) is 1. The topological polar surface area (TPSA) is 3.24 Å². The molecule has 0 bridgehead atoms. The second-order valence-electron chi connectivity index (χ2n) is 4.09. The predicted molar refractivity (Wildman–Crippen MR) is 48.6 cm³/mol. The van der Waals surface area contributed by atoms with Gasteiger partial charge in [-0.1, -0.05) is 6.92 Å². The number of likely N-dealkylation sites (N-methyl/N-ethyl adjacent to an activating group) is 2. The molecule has 0 unspecified atom stereocenters. The maximum absolute atomic E-state index is 2.43. The van der Waals surface area contributed by atoms with Gasteiger partial charge >= 0.3 is 0 Å². The third-order valence-electron chi connectivity index (χ3n) is 2.81. The monoisotopic (exact) mass is 157 g/mol. The van der Waals surface area contributed by atoms with Crippen LogP contribution in [-0.2, 0) is 0 Å². The van der Waals surface area contributed by atoms with Crippen LogP contribution in [0.3, 0.4) is 0 Å². The van der Waals surface area contributed by atoms with E-state index < -0.39 is 0 Å². The molecule has 1 rings (SSSR count). The van der Waals surface area contributed by atoms with E-state index in [9.17, 15) is 0 Å². The lowest BCUT2D eigenvalue weighted by molar-refractivity contribution is -0.913. The Morgan fingerprint density at radius 3 is 2.27 bits per heavy atom. The maximum atomic E-state index is 2.43. The second kappa shape index (κ2) is 3.55. The van der Waals surface area contributed by atoms with E-state index in [4.69, 9.17) is 0 Å². The molecule has 0 radical (unpaired) electrons. The summed E-state index contributed by atoms with van der Waals surface area (Å²) in [5.74, 6) is 0. The van der Waals surface area contributed by atoms with Crippen molar-refractivity contribution in [1.82, 2.24) is 4.90 Å². The minimum absolute atomic E-state index is 1.27. The lowest BCUT2D eigenvalue weighted by Crippen LogP contribution is -2.56. The van der Waals surface area contributed by atoms with Crippen molar-refractivity contribution < 1.29 is 4.48 Å². The first kappa shape index (κ1) is 9.01. The quantitative estimate of drug-likeness (QED) is 0.536. The highest BCUT2D eigenvalue weighted by Crippen LogP contribution is 2.08. The van der Waals surface area contributed by atoms with Crippen LogP contribution in [0.4, 0.5) is 0 Å². The molecule has 0 amide bonds. The summed E-state index contributed by atoms with van der Waals surface area (Å²) in [5, 5.41) is 0. The number of piperazine rings is 1. The van der Waals surface area contributed by atoms with Crippen molar-refractivity contribution in [1.29, 1.82) is 0 Å². The Labute approximate surface area is 70.4 Å². The van der Waals surface area contributed by atoms with E-state index in [1.165, 1.54) is 43.6 Å². The smallest absolute Gasteiger partial charge is 0.0914 e. The molecule has 1 fully saturated rings. The lowest BCUT2D eigenvalue weighted by atomic mass is 10.2. The van der Waals surface area contributed by atoms with Gasteiger partial charge in [-0.05, 0) is 13.5 Å². The summed E-state index contributed by atoms with van der Waals surface area (Å²) in [7, 11) is 4.60. The van der Waals surface area contributed by atoms with Crippen molar-refractivity contribution in [2.75, 3.05) is 46.8 Å². The Morgan fingerprint density at radius 1 is 1.27 bits per heavy atom. The van der Waals surface area contributed by atoms with Crippen LogP contribution in [0, 0.1) is 0 Å². The van der Waals surface area contributed by atoms with Gasteiger partial charge in [0.1, 0.15) is 0 Å². The van der Waals surface area contributed by atoms with Crippen molar-refractivity contribution >= 4 is 0 Å². The highest BCUT2D eigenvalue weighted by atomic mass is 15.4. The SMILES string of the molecule is CCC[N+]1(C)CCN(C)CC1. The fourth-order valence-electron chi connectivity index (χ4n) is 1.81. The molecule has 0 aromatic carbocycles. The van der Waals surface area contributed by atoms with E-state index in [1.54, 1.807) is 0 Å². The molecule has 1 saturated heterocycles. The predicted octanol–water partition coefficient (Wildman–Crippen LogP) is 0.788. The summed E-state index contributed by atoms with van der Waals surface area (Å²) >= 11 is 0. The first-order valence-electron chi connectivity index (χ1n) is 4.68. The van der Waals surface area contributed by atoms with E-state index in [2.05, 4.69) is 25.9 Å². The van der Waals surface area contributed by atoms with Gasteiger partial charge < -0.3 is 4.48 Å². The van der Waals surface area contributed by atoms with Gasteiger partial charge in [-0.2, -0.15) is 0 Å². The Morgan fingerprint density at radius 2 is 1.82 bits per heavy atom. The van der Waals surface area contributed by atoms with Crippen LogP contribution >= 0.6 is 0 Å². The standard InChI is InChI=1S/C9H21N2/c1-4-7-11(3)8-5-10(2)6-9-11/h4-9H2,1-3H3/q+1. The second-order valence-corrected chi connectivity index (χ2v) is 4.09. The fourth-order valence-corrected chi connectivity index (χ4v) is 1.81. The molecular formula is C9H21N2+. The van der Waals surface area contributed by atoms with Gasteiger partial charge in [-0.15, -0.1) is 0 Å². The number of rotatable bonds is 2. The normalized spacial score (nSPS) is 25.4. The van der Waals surface area contributed by atoms with Crippen LogP contribution in [-0.4, -0.2) is 56.2 Å². The molecule has 0 N–H and O–H groups in total. The summed E-state index contributed by atoms with van der Waals surface area (Å²) in [5.41, 5.74) is 0. The van der Waals surface area contributed by atoms with E-state index in [0.717, 1.165) is 0 Å². The summed E-state index contributed by atoms with van der Waals surface area (Å²) in [6.45, 7) is 8.86. The molecule has 0 aromatic heterocycles. The van der Waals surface area contributed by atoms with Crippen LogP contribution in [0.25, 0.3) is 0 Å². The molecule has 1 aliphatic heterocycles. The van der Waals surface area contributed by atoms with Gasteiger partial charge in [0.2, 0.25) is 0 Å². The van der Waals surface area contributed by atoms with Crippen LogP contribution in [0.5, 0.6) is 0 Å². The van der Waals surface area contributed by atoms with E-state index in [1.807, 2.05) is 0 Å². The molecule has 0 aliphatic carbocycles. The maximum Gasteiger partial charge on any atom is 0.0914 e. The molecule has 66 valence electrons. The summed E-state index contributed by atoms with van der Waals surface area (Å²) in [6, 6.07) is 0. The van der Waals surface area contributed by atoms with Crippen molar-refractivity contribution in [3.8, 4) is 0 Å². The zero-order chi connectivity index (χ0) is 8.32. The zero-order valence-corrected chi connectivity index (χ0v) is 8.14. The minimum Gasteiger partial charge on any atom is -0.324 e. The minimum atomic E-state index is 1.27. The highest BCUT2D eigenvalue weighted by Gasteiger charge is 2.25. The van der Waals surface area contributed by atoms with Crippen LogP contribution in [0.1, 0.15) is 13.3 Å². The summed E-state index contributed by atoms with van der Waals surface area (Å²) < 4.78 is 1.29. The molecule has 0 saturated carbocycles. The molecule has 2 nitrogen and oxygen atoms in total. The summed E-state index contributed by atoms with van der Waals surface area (Å²) in [4.78, 5) is 2.43. The Balaban J connectivity index is 2.35. The lowest BCUT2D eigenvalue weighted by Gasteiger charge is -2.40. The van der Waals surface area contributed by atoms with Crippen molar-refractivity contribution in [3.63, 3.8) is 0 Å². The third-order valence-corrected chi connectivity index (χ3v) is 2.81. The van der Waals surface area contributed by atoms with Gasteiger partial charge in [0.05, 0.1) is 26.7 Å². The van der Waals surface area contributed by atoms with Gasteiger partial charge in [0, 0.05) is 13.1 Å². The van der Waals surface area contributed by atoms with E-state index >= 15 is 0 Å². The third kappa shape index (κ3) is 2.46. The van der Waals surface area contributed by atoms with E-state index in [0.29, 0.717) is 0 Å². The van der Waals surface area contributed by atoms with Crippen molar-refractivity contribution in [2.24, 2.45) is 0 Å². The number of quaternary nitrogens is 1. The average Bonchev–Trinajstić information content (AvgIpc) is 1.97. The highest BCUT2D eigenvalue weighted by molar-refractivity contribution is 4.57. The van der Waals surface area contributed by atoms with Crippen LogP contribution < -0.4 is 0 Å². The zero-order valence-electron chi connectivity index (χ0n) is 8.14. The van der Waals surface area contributed by atoms with Crippen LogP contribution in [0.15, 0.2) is 0 Å². The fraction of sp³-hybridized carbons (Fsp3) is 1.00. The molecule has 0 atom stereocenters. The number of nitrogens with zero attached hydrogens (tertiary/aromatic N) is 2. The van der Waals surface area contributed by atoms with Gasteiger partial charge in [0.25, 0.3) is 0 Å². The van der Waals surface area contributed by atoms with E-state index in [-0.39, 0.29) is 0 Å². The summed E-state index contributed by atoms with van der Waals surface area (Å²) in [6.07, 6.45) is 1.32. The molecular weight excluding hydrogens is 136 g/mol. The average molecular weight is 157 g/mol. The molecule has 0 aromatic rings. The van der Waals surface area contributed by atoms with Gasteiger partial charge in [-0.3, -0.25) is 4.90 Å². The first-order chi connectivity index (χ1) is 5.16. The van der Waals surface area contributed by atoms with Crippen LogP contribution in [0.2, 0.25) is 0 Å². The van der Waals surface area contributed by atoms with Crippen molar-refractivity contribution in [2.45, 2.75) is 13.3 Å².